The van der Waals surface area contributed by atoms with Crippen LogP contribution < -0.4 is 4.74 Å². The summed E-state index contributed by atoms with van der Waals surface area (Å²) in [6.45, 7) is 0.314. The van der Waals surface area contributed by atoms with Gasteiger partial charge in [-0.15, -0.1) is 0 Å². The fourth-order valence-corrected chi connectivity index (χ4v) is 2.30. The summed E-state index contributed by atoms with van der Waals surface area (Å²) in [6.07, 6.45) is -1.85. The second-order valence-corrected chi connectivity index (χ2v) is 5.51. The quantitative estimate of drug-likeness (QED) is 0.592. The molecule has 0 fully saturated rings. The molecule has 3 aromatic rings. The first-order chi connectivity index (χ1) is 12.5. The summed E-state index contributed by atoms with van der Waals surface area (Å²) in [4.78, 5) is 14.8. The third-order valence-corrected chi connectivity index (χ3v) is 3.63. The summed E-state index contributed by atoms with van der Waals surface area (Å²) in [5, 5.41) is 0. The topological polar surface area (TPSA) is 52.3 Å². The Kier molecular flexibility index (Phi) is 5.06. The number of aromatic nitrogens is 1. The highest BCUT2D eigenvalue weighted by atomic mass is 19.4. The predicted octanol–water partition coefficient (Wildman–Crippen LogP) is 4.79. The van der Waals surface area contributed by atoms with Crippen LogP contribution in [0.5, 0.6) is 5.75 Å². The van der Waals surface area contributed by atoms with Gasteiger partial charge in [0.25, 0.3) is 0 Å². The van der Waals surface area contributed by atoms with Crippen molar-refractivity contribution in [3.8, 4) is 17.2 Å². The molecule has 0 radical (unpaired) electrons. The monoisotopic (exact) mass is 361 g/mol. The van der Waals surface area contributed by atoms with E-state index in [1.165, 1.54) is 18.4 Å². The van der Waals surface area contributed by atoms with E-state index in [2.05, 4.69) is 4.98 Å². The highest BCUT2D eigenvalue weighted by molar-refractivity contribution is 5.74. The van der Waals surface area contributed by atoms with Crippen molar-refractivity contribution in [2.75, 3.05) is 6.61 Å². The molecule has 0 aliphatic carbocycles. The summed E-state index contributed by atoms with van der Waals surface area (Å²) in [5.74, 6) is 0.735. The molecule has 3 rings (SSSR count). The molecule has 0 aliphatic heterocycles. The molecule has 4 nitrogen and oxygen atoms in total. The Balaban J connectivity index is 1.62. The summed E-state index contributed by atoms with van der Waals surface area (Å²) >= 11 is 0. The van der Waals surface area contributed by atoms with Gasteiger partial charge >= 0.3 is 6.18 Å². The van der Waals surface area contributed by atoms with Gasteiger partial charge in [-0.05, 0) is 42.5 Å². The number of nitrogens with zero attached hydrogens (tertiary/aromatic N) is 1. The molecule has 0 saturated carbocycles. The fraction of sp³-hybridized carbons (Fsp3) is 0.158. The van der Waals surface area contributed by atoms with Crippen LogP contribution >= 0.6 is 0 Å². The van der Waals surface area contributed by atoms with Gasteiger partial charge in [-0.3, -0.25) is 4.79 Å². The third-order valence-electron chi connectivity index (χ3n) is 3.63. The van der Waals surface area contributed by atoms with E-state index in [0.717, 1.165) is 18.4 Å². The van der Waals surface area contributed by atoms with E-state index in [4.69, 9.17) is 9.15 Å². The second kappa shape index (κ2) is 7.43. The second-order valence-electron chi connectivity index (χ2n) is 5.51. The van der Waals surface area contributed by atoms with Crippen LogP contribution in [0.3, 0.4) is 0 Å². The van der Waals surface area contributed by atoms with Crippen LogP contribution in [0.1, 0.15) is 21.6 Å². The Morgan fingerprint density at radius 1 is 1.12 bits per heavy atom. The lowest BCUT2D eigenvalue weighted by Gasteiger charge is -2.06. The zero-order valence-electron chi connectivity index (χ0n) is 13.5. The van der Waals surface area contributed by atoms with E-state index in [1.54, 1.807) is 24.3 Å². The number of halogens is 3. The number of benzene rings is 2. The molecule has 1 heterocycles. The third kappa shape index (κ3) is 4.30. The van der Waals surface area contributed by atoms with Gasteiger partial charge in [0.15, 0.2) is 0 Å². The number of hydrogen-bond acceptors (Lipinski definition) is 4. The van der Waals surface area contributed by atoms with Crippen molar-refractivity contribution in [3.63, 3.8) is 0 Å². The summed E-state index contributed by atoms with van der Waals surface area (Å²) < 4.78 is 49.2. The number of carbonyl (C=O) groups is 1. The van der Waals surface area contributed by atoms with Gasteiger partial charge in [-0.1, -0.05) is 6.07 Å². The van der Waals surface area contributed by atoms with Gasteiger partial charge in [-0.2, -0.15) is 13.2 Å². The largest absolute Gasteiger partial charge is 0.493 e. The average Bonchev–Trinajstić information content (AvgIpc) is 3.11. The Labute approximate surface area is 147 Å². The fourth-order valence-electron chi connectivity index (χ4n) is 2.30. The molecule has 0 spiro atoms. The van der Waals surface area contributed by atoms with Crippen molar-refractivity contribution >= 4 is 6.29 Å². The molecule has 0 aliphatic rings. The predicted molar refractivity (Wildman–Crippen MR) is 88.0 cm³/mol. The number of carbonyl (C=O) groups excluding carboxylic acids is 1. The highest BCUT2D eigenvalue weighted by Gasteiger charge is 2.30. The van der Waals surface area contributed by atoms with E-state index >= 15 is 0 Å². The van der Waals surface area contributed by atoms with Crippen molar-refractivity contribution in [1.29, 1.82) is 0 Å². The molecular weight excluding hydrogens is 347 g/mol. The van der Waals surface area contributed by atoms with Crippen LogP contribution in [0.15, 0.2) is 59.2 Å². The molecule has 0 N–H and O–H groups in total. The van der Waals surface area contributed by atoms with Crippen LogP contribution in [-0.4, -0.2) is 17.9 Å². The lowest BCUT2D eigenvalue weighted by atomic mass is 10.1. The lowest BCUT2D eigenvalue weighted by molar-refractivity contribution is -0.137. The van der Waals surface area contributed by atoms with Gasteiger partial charge in [0.2, 0.25) is 5.89 Å². The van der Waals surface area contributed by atoms with E-state index in [9.17, 15) is 18.0 Å². The molecular formula is C19H14F3NO3. The summed E-state index contributed by atoms with van der Waals surface area (Å²) in [6, 6.07) is 11.5. The molecule has 26 heavy (non-hydrogen) atoms. The Morgan fingerprint density at radius 2 is 1.88 bits per heavy atom. The van der Waals surface area contributed by atoms with Gasteiger partial charge in [0, 0.05) is 17.5 Å². The Morgan fingerprint density at radius 3 is 2.58 bits per heavy atom. The van der Waals surface area contributed by atoms with Crippen molar-refractivity contribution in [1.82, 2.24) is 4.98 Å². The van der Waals surface area contributed by atoms with Crippen LogP contribution in [0, 0.1) is 0 Å². The van der Waals surface area contributed by atoms with E-state index < -0.39 is 11.7 Å². The smallest absolute Gasteiger partial charge is 0.416 e. The zero-order chi connectivity index (χ0) is 18.6. The number of rotatable bonds is 6. The maximum atomic E-state index is 12.8. The maximum Gasteiger partial charge on any atom is 0.416 e. The van der Waals surface area contributed by atoms with Crippen molar-refractivity contribution in [2.24, 2.45) is 0 Å². The molecule has 0 atom stereocenters. The number of ether oxygens (including phenoxy) is 1. The molecule has 0 unspecified atom stereocenters. The Hall–Kier alpha value is -3.09. The highest BCUT2D eigenvalue weighted by Crippen LogP contribution is 2.31. The SMILES string of the molecule is O=Cc1ccc(OCCc2coc(-c3cccc(C(F)(F)F)c3)n2)cc1. The van der Waals surface area contributed by atoms with Gasteiger partial charge < -0.3 is 9.15 Å². The molecule has 2 aromatic carbocycles. The lowest BCUT2D eigenvalue weighted by Crippen LogP contribution is -2.04. The number of aldehydes is 1. The first kappa shape index (κ1) is 17.7. The van der Waals surface area contributed by atoms with Crippen LogP contribution in [-0.2, 0) is 12.6 Å². The summed E-state index contributed by atoms with van der Waals surface area (Å²) in [5.41, 5.74) is 0.634. The molecule has 0 bridgehead atoms. The molecule has 0 saturated heterocycles. The minimum atomic E-state index is -4.42. The number of oxazole rings is 1. The average molecular weight is 361 g/mol. The standard InChI is InChI=1S/C19H14F3NO3/c20-19(21,22)15-3-1-2-14(10-15)18-23-16(12-26-18)8-9-25-17-6-4-13(11-24)5-7-17/h1-7,10-12H,8-9H2. The summed E-state index contributed by atoms with van der Waals surface area (Å²) in [7, 11) is 0. The molecule has 1 aromatic heterocycles. The maximum absolute atomic E-state index is 12.8. The first-order valence-corrected chi connectivity index (χ1v) is 7.76. The molecule has 7 heteroatoms. The minimum Gasteiger partial charge on any atom is -0.493 e. The van der Waals surface area contributed by atoms with E-state index in [1.807, 2.05) is 0 Å². The number of alkyl halides is 3. The first-order valence-electron chi connectivity index (χ1n) is 7.76. The molecule has 134 valence electrons. The van der Waals surface area contributed by atoms with E-state index in [-0.39, 0.29) is 11.5 Å². The van der Waals surface area contributed by atoms with Gasteiger partial charge in [0.05, 0.1) is 17.9 Å². The van der Waals surface area contributed by atoms with Crippen molar-refractivity contribution in [3.05, 3.63) is 71.6 Å². The van der Waals surface area contributed by atoms with E-state index in [0.29, 0.717) is 30.0 Å². The van der Waals surface area contributed by atoms with Crippen LogP contribution in [0.4, 0.5) is 13.2 Å². The minimum absolute atomic E-state index is 0.126. The van der Waals surface area contributed by atoms with Crippen LogP contribution in [0.2, 0.25) is 0 Å². The van der Waals surface area contributed by atoms with Crippen molar-refractivity contribution < 1.29 is 27.1 Å². The zero-order valence-corrected chi connectivity index (χ0v) is 13.5. The normalized spacial score (nSPS) is 11.3. The van der Waals surface area contributed by atoms with Crippen molar-refractivity contribution in [2.45, 2.75) is 12.6 Å². The molecule has 0 amide bonds. The van der Waals surface area contributed by atoms with Gasteiger partial charge in [0.1, 0.15) is 18.3 Å². The van der Waals surface area contributed by atoms with Crippen LogP contribution in [0.25, 0.3) is 11.5 Å². The van der Waals surface area contributed by atoms with Gasteiger partial charge in [-0.25, -0.2) is 4.98 Å². The Bertz CT molecular complexity index is 886. The number of hydrogen-bond donors (Lipinski definition) is 0.